The molecule has 13 heavy (non-hydrogen) atoms. The highest BCUT2D eigenvalue weighted by molar-refractivity contribution is 4.85. The number of hydrogen-bond acceptors (Lipinski definition) is 1. The fourth-order valence-electron chi connectivity index (χ4n) is 3.26. The predicted octanol–water partition coefficient (Wildman–Crippen LogP) is 2.95. The van der Waals surface area contributed by atoms with Crippen LogP contribution in [0.4, 0.5) is 0 Å². The summed E-state index contributed by atoms with van der Waals surface area (Å²) in [6.07, 6.45) is 10.4. The van der Waals surface area contributed by atoms with E-state index in [1.54, 1.807) is 0 Å². The van der Waals surface area contributed by atoms with Gasteiger partial charge in [0.15, 0.2) is 0 Å². The molecule has 2 rings (SSSR count). The Kier molecular flexibility index (Phi) is 3.26. The summed E-state index contributed by atoms with van der Waals surface area (Å²) in [4.78, 5) is 0. The Hall–Kier alpha value is -0.0400. The maximum absolute atomic E-state index is 3.59. The first kappa shape index (κ1) is 9.51. The zero-order valence-corrected chi connectivity index (χ0v) is 8.89. The molecule has 1 aliphatic carbocycles. The zero-order valence-electron chi connectivity index (χ0n) is 8.89. The van der Waals surface area contributed by atoms with Crippen LogP contribution in [-0.2, 0) is 0 Å². The van der Waals surface area contributed by atoms with Gasteiger partial charge in [-0.2, -0.15) is 0 Å². The second-order valence-electron chi connectivity index (χ2n) is 4.95. The third kappa shape index (κ3) is 2.25. The Morgan fingerprint density at radius 3 is 2.15 bits per heavy atom. The molecule has 1 aliphatic heterocycles. The van der Waals surface area contributed by atoms with Crippen LogP contribution in [0, 0.1) is 11.8 Å². The maximum atomic E-state index is 3.59. The highest BCUT2D eigenvalue weighted by Crippen LogP contribution is 2.34. The van der Waals surface area contributed by atoms with Crippen LogP contribution < -0.4 is 5.32 Å². The molecule has 0 aromatic heterocycles. The highest BCUT2D eigenvalue weighted by atomic mass is 14.9. The lowest BCUT2D eigenvalue weighted by molar-refractivity contribution is 0.280. The summed E-state index contributed by atoms with van der Waals surface area (Å²) in [6.45, 7) is 3.64. The fraction of sp³-hybridized carbons (Fsp3) is 1.00. The number of rotatable bonds is 1. The number of hydrogen-bond donors (Lipinski definition) is 1. The van der Waals surface area contributed by atoms with Gasteiger partial charge in [-0.05, 0) is 31.7 Å². The van der Waals surface area contributed by atoms with E-state index in [4.69, 9.17) is 0 Å². The molecule has 76 valence electrons. The molecule has 0 spiro atoms. The molecule has 1 saturated heterocycles. The van der Waals surface area contributed by atoms with E-state index in [2.05, 4.69) is 12.2 Å². The van der Waals surface area contributed by atoms with Crippen molar-refractivity contribution in [3.8, 4) is 0 Å². The van der Waals surface area contributed by atoms with Crippen LogP contribution in [0.1, 0.15) is 51.9 Å². The van der Waals surface area contributed by atoms with Crippen LogP contribution in [0.5, 0.6) is 0 Å². The summed E-state index contributed by atoms with van der Waals surface area (Å²) < 4.78 is 0. The van der Waals surface area contributed by atoms with E-state index in [0.717, 1.165) is 17.9 Å². The molecule has 0 bridgehead atoms. The SMILES string of the molecule is CC1NCCC1C1CCCCCC1. The van der Waals surface area contributed by atoms with Crippen molar-refractivity contribution in [3.63, 3.8) is 0 Å². The van der Waals surface area contributed by atoms with Crippen LogP contribution >= 0.6 is 0 Å². The summed E-state index contributed by atoms with van der Waals surface area (Å²) in [5.41, 5.74) is 0. The minimum Gasteiger partial charge on any atom is -0.314 e. The van der Waals surface area contributed by atoms with E-state index in [1.807, 2.05) is 0 Å². The van der Waals surface area contributed by atoms with Gasteiger partial charge in [-0.25, -0.2) is 0 Å². The molecule has 1 N–H and O–H groups in total. The third-order valence-electron chi connectivity index (χ3n) is 4.09. The minimum absolute atomic E-state index is 0.795. The van der Waals surface area contributed by atoms with Crippen molar-refractivity contribution in [1.82, 2.24) is 5.32 Å². The van der Waals surface area contributed by atoms with Gasteiger partial charge in [0.25, 0.3) is 0 Å². The van der Waals surface area contributed by atoms with Crippen molar-refractivity contribution in [3.05, 3.63) is 0 Å². The summed E-state index contributed by atoms with van der Waals surface area (Å²) in [5.74, 6) is 2.05. The van der Waals surface area contributed by atoms with Crippen LogP contribution in [0.3, 0.4) is 0 Å². The smallest absolute Gasteiger partial charge is 0.00701 e. The van der Waals surface area contributed by atoms with Crippen LogP contribution in [-0.4, -0.2) is 12.6 Å². The first-order valence-corrected chi connectivity index (χ1v) is 6.11. The minimum atomic E-state index is 0.795. The summed E-state index contributed by atoms with van der Waals surface area (Å²) >= 11 is 0. The first-order valence-electron chi connectivity index (χ1n) is 6.11. The van der Waals surface area contributed by atoms with Gasteiger partial charge in [-0.3, -0.25) is 0 Å². The van der Waals surface area contributed by atoms with Crippen LogP contribution in [0.2, 0.25) is 0 Å². The van der Waals surface area contributed by atoms with E-state index >= 15 is 0 Å². The summed E-state index contributed by atoms with van der Waals surface area (Å²) in [6, 6.07) is 0.795. The topological polar surface area (TPSA) is 12.0 Å². The van der Waals surface area contributed by atoms with Crippen molar-refractivity contribution < 1.29 is 0 Å². The van der Waals surface area contributed by atoms with Crippen molar-refractivity contribution in [1.29, 1.82) is 0 Å². The van der Waals surface area contributed by atoms with Gasteiger partial charge in [-0.15, -0.1) is 0 Å². The molecule has 0 radical (unpaired) electrons. The van der Waals surface area contributed by atoms with Crippen LogP contribution in [0.25, 0.3) is 0 Å². The quantitative estimate of drug-likeness (QED) is 0.613. The zero-order chi connectivity index (χ0) is 9.10. The van der Waals surface area contributed by atoms with Gasteiger partial charge in [0.1, 0.15) is 0 Å². The molecule has 1 saturated carbocycles. The van der Waals surface area contributed by atoms with Crippen molar-refractivity contribution in [2.45, 2.75) is 57.9 Å². The van der Waals surface area contributed by atoms with Crippen molar-refractivity contribution >= 4 is 0 Å². The molecule has 2 aliphatic rings. The molecule has 0 aromatic rings. The Morgan fingerprint density at radius 2 is 1.62 bits per heavy atom. The van der Waals surface area contributed by atoms with Crippen molar-refractivity contribution in [2.24, 2.45) is 11.8 Å². The fourth-order valence-corrected chi connectivity index (χ4v) is 3.26. The summed E-state index contributed by atoms with van der Waals surface area (Å²) in [7, 11) is 0. The van der Waals surface area contributed by atoms with Crippen molar-refractivity contribution in [2.75, 3.05) is 6.54 Å². The van der Waals surface area contributed by atoms with E-state index in [0.29, 0.717) is 0 Å². The van der Waals surface area contributed by atoms with Gasteiger partial charge < -0.3 is 5.32 Å². The van der Waals surface area contributed by atoms with E-state index in [1.165, 1.54) is 51.5 Å². The largest absolute Gasteiger partial charge is 0.314 e. The average molecular weight is 181 g/mol. The van der Waals surface area contributed by atoms with Crippen LogP contribution in [0.15, 0.2) is 0 Å². The Morgan fingerprint density at radius 1 is 0.923 bits per heavy atom. The second kappa shape index (κ2) is 4.45. The van der Waals surface area contributed by atoms with E-state index in [-0.39, 0.29) is 0 Å². The molecule has 2 fully saturated rings. The van der Waals surface area contributed by atoms with E-state index < -0.39 is 0 Å². The first-order chi connectivity index (χ1) is 6.38. The Labute approximate surface area is 82.3 Å². The molecule has 1 heteroatoms. The molecule has 0 amide bonds. The van der Waals surface area contributed by atoms with Gasteiger partial charge in [0.05, 0.1) is 0 Å². The average Bonchev–Trinajstić information content (AvgIpc) is 2.43. The van der Waals surface area contributed by atoms with E-state index in [9.17, 15) is 0 Å². The molecule has 1 nitrogen and oxygen atoms in total. The lowest BCUT2D eigenvalue weighted by Crippen LogP contribution is -2.27. The molecule has 1 heterocycles. The standard InChI is InChI=1S/C12H23N/c1-10-12(8-9-13-10)11-6-4-2-3-5-7-11/h10-13H,2-9H2,1H3. The second-order valence-corrected chi connectivity index (χ2v) is 4.95. The van der Waals surface area contributed by atoms with Gasteiger partial charge in [0.2, 0.25) is 0 Å². The molecule has 2 unspecified atom stereocenters. The highest BCUT2D eigenvalue weighted by Gasteiger charge is 2.30. The van der Waals surface area contributed by atoms with Gasteiger partial charge in [-0.1, -0.05) is 38.5 Å². The number of nitrogens with one attached hydrogen (secondary N) is 1. The molecular weight excluding hydrogens is 158 g/mol. The van der Waals surface area contributed by atoms with Gasteiger partial charge in [0, 0.05) is 6.04 Å². The van der Waals surface area contributed by atoms with Gasteiger partial charge >= 0.3 is 0 Å². The molecule has 0 aromatic carbocycles. The predicted molar refractivity (Wildman–Crippen MR) is 56.8 cm³/mol. The maximum Gasteiger partial charge on any atom is 0.00701 e. The monoisotopic (exact) mass is 181 g/mol. The lowest BCUT2D eigenvalue weighted by Gasteiger charge is -2.25. The normalized spacial score (nSPS) is 37.6. The lowest BCUT2D eigenvalue weighted by atomic mass is 9.82. The third-order valence-corrected chi connectivity index (χ3v) is 4.09. The Bertz CT molecular complexity index is 147. The molecule has 2 atom stereocenters. The summed E-state index contributed by atoms with van der Waals surface area (Å²) in [5, 5.41) is 3.59. The molecular formula is C12H23N. The Balaban J connectivity index is 1.89.